The molecule has 204 valence electrons. The molecule has 0 amide bonds. The van der Waals surface area contributed by atoms with Crippen molar-refractivity contribution < 1.29 is 61.9 Å². The number of esters is 1. The fraction of sp³-hybridized carbons (Fsp3) is 0.696. The summed E-state index contributed by atoms with van der Waals surface area (Å²) in [6.07, 6.45) is -9.44. The van der Waals surface area contributed by atoms with E-state index in [1.54, 1.807) is 37.3 Å². The summed E-state index contributed by atoms with van der Waals surface area (Å²) in [6, 6.07) is 8.13. The highest BCUT2D eigenvalue weighted by atomic mass is 32.2. The number of aliphatic hydroxyl groups excluding tert-OH is 4. The molecule has 3 aliphatic carbocycles. The van der Waals surface area contributed by atoms with Gasteiger partial charge in [-0.05, 0) is 25.5 Å². The zero-order valence-corrected chi connectivity index (χ0v) is 20.5. The number of hydrogen-bond acceptors (Lipinski definition) is 12. The van der Waals surface area contributed by atoms with Crippen molar-refractivity contribution in [1.82, 2.24) is 0 Å². The summed E-state index contributed by atoms with van der Waals surface area (Å²) in [7, 11) is -4.76. The molecular formula is C23H28O13S. The fourth-order valence-corrected chi connectivity index (χ4v) is 8.49. The molecule has 11 atom stereocenters. The molecule has 3 saturated carbocycles. The predicted octanol–water partition coefficient (Wildman–Crippen LogP) is -1.46. The first-order valence-corrected chi connectivity index (χ1v) is 13.3. The van der Waals surface area contributed by atoms with E-state index in [4.69, 9.17) is 23.7 Å². The Morgan fingerprint density at radius 2 is 1.81 bits per heavy atom. The molecule has 5 N–H and O–H groups in total. The lowest BCUT2D eigenvalue weighted by molar-refractivity contribution is -0.393. The molecule has 3 unspecified atom stereocenters. The molecule has 1 aromatic rings. The highest BCUT2D eigenvalue weighted by Crippen LogP contribution is 2.83. The van der Waals surface area contributed by atoms with Crippen LogP contribution in [0.4, 0.5) is 0 Å². The second-order valence-corrected chi connectivity index (χ2v) is 12.3. The maximum atomic E-state index is 12.8. The van der Waals surface area contributed by atoms with Gasteiger partial charge < -0.3 is 44.1 Å². The molecular weight excluding hydrogens is 516 g/mol. The van der Waals surface area contributed by atoms with Crippen LogP contribution < -0.4 is 0 Å². The normalized spacial score (nSPS) is 49.6. The summed E-state index contributed by atoms with van der Waals surface area (Å²) in [6.45, 7) is 0.495. The summed E-state index contributed by atoms with van der Waals surface area (Å²) < 4.78 is 64.8. The Labute approximate surface area is 211 Å². The first-order valence-electron chi connectivity index (χ1n) is 11.9. The van der Waals surface area contributed by atoms with Crippen molar-refractivity contribution in [1.29, 1.82) is 0 Å². The van der Waals surface area contributed by atoms with Crippen LogP contribution in [0.3, 0.4) is 0 Å². The molecule has 7 fully saturated rings. The van der Waals surface area contributed by atoms with Crippen LogP contribution in [0.5, 0.6) is 0 Å². The Balaban J connectivity index is 1.38. The number of aliphatic hydroxyl groups is 4. The van der Waals surface area contributed by atoms with Gasteiger partial charge in [0.2, 0.25) is 4.93 Å². The lowest BCUT2D eigenvalue weighted by atomic mass is 9.41. The van der Waals surface area contributed by atoms with Crippen molar-refractivity contribution in [3.8, 4) is 0 Å². The number of hydrogen-bond donors (Lipinski definition) is 5. The maximum Gasteiger partial charge on any atom is 0.338 e. The lowest BCUT2D eigenvalue weighted by Crippen LogP contribution is -2.81. The zero-order chi connectivity index (χ0) is 26.6. The molecule has 0 aromatic heterocycles. The molecule has 14 heteroatoms. The third kappa shape index (κ3) is 2.99. The third-order valence-corrected chi connectivity index (χ3v) is 10.4. The molecule has 13 nitrogen and oxygen atoms in total. The summed E-state index contributed by atoms with van der Waals surface area (Å²) in [5, 5.41) is 40.6. The first kappa shape index (κ1) is 25.6. The quantitative estimate of drug-likeness (QED) is 0.197. The van der Waals surface area contributed by atoms with Crippen molar-refractivity contribution in [3.63, 3.8) is 0 Å². The molecule has 1 aromatic carbocycles. The first-order chi connectivity index (χ1) is 17.4. The molecule has 0 radical (unpaired) electrons. The summed E-state index contributed by atoms with van der Waals surface area (Å²) >= 11 is 0. The van der Waals surface area contributed by atoms with E-state index in [9.17, 15) is 38.2 Å². The zero-order valence-electron chi connectivity index (χ0n) is 19.7. The highest BCUT2D eigenvalue weighted by molar-refractivity contribution is 7.87. The van der Waals surface area contributed by atoms with E-state index in [1.165, 1.54) is 0 Å². The molecule has 4 heterocycles. The summed E-state index contributed by atoms with van der Waals surface area (Å²) in [4.78, 5) is 10.8. The van der Waals surface area contributed by atoms with Gasteiger partial charge in [-0.15, -0.1) is 0 Å². The molecule has 0 spiro atoms. The van der Waals surface area contributed by atoms with Gasteiger partial charge in [0.05, 0.1) is 17.6 Å². The maximum absolute atomic E-state index is 12.8. The summed E-state index contributed by atoms with van der Waals surface area (Å²) in [5.74, 6) is -1.58. The minimum Gasteiger partial charge on any atom is -0.461 e. The van der Waals surface area contributed by atoms with Crippen molar-refractivity contribution in [2.45, 2.75) is 72.9 Å². The molecule has 6 bridgehead atoms. The SMILES string of the molecule is C[C@@]12CC3(S(=O)(=O)O)OC(O1)[C@]1(COC(=O)c4ccccc4)[C@H]3CC21O[C@@H]1O[C@H](CO)[C@@H](O)[C@H](O)[C@H]1O. The lowest BCUT2D eigenvalue weighted by Gasteiger charge is -2.68. The second-order valence-electron chi connectivity index (χ2n) is 10.6. The predicted molar refractivity (Wildman–Crippen MR) is 118 cm³/mol. The van der Waals surface area contributed by atoms with Crippen LogP contribution >= 0.6 is 0 Å². The second kappa shape index (κ2) is 7.91. The van der Waals surface area contributed by atoms with E-state index < -0.39 is 93.8 Å². The monoisotopic (exact) mass is 544 g/mol. The highest BCUT2D eigenvalue weighted by Gasteiger charge is 2.96. The van der Waals surface area contributed by atoms with Gasteiger partial charge in [-0.3, -0.25) is 4.55 Å². The van der Waals surface area contributed by atoms with Crippen LogP contribution in [-0.4, -0.2) is 106 Å². The topological polar surface area (TPSA) is 199 Å². The molecule has 8 rings (SSSR count). The van der Waals surface area contributed by atoms with Gasteiger partial charge in [0.15, 0.2) is 12.6 Å². The fourth-order valence-electron chi connectivity index (χ4n) is 7.17. The van der Waals surface area contributed by atoms with Gasteiger partial charge in [0, 0.05) is 12.3 Å². The van der Waals surface area contributed by atoms with Crippen molar-refractivity contribution in [2.24, 2.45) is 11.3 Å². The van der Waals surface area contributed by atoms with Crippen LogP contribution in [0, 0.1) is 11.3 Å². The van der Waals surface area contributed by atoms with E-state index in [1.807, 2.05) is 0 Å². The van der Waals surface area contributed by atoms with Gasteiger partial charge in [-0.1, -0.05) is 18.2 Å². The van der Waals surface area contributed by atoms with E-state index in [0.717, 1.165) is 0 Å². The van der Waals surface area contributed by atoms with E-state index >= 15 is 0 Å². The van der Waals surface area contributed by atoms with Gasteiger partial charge >= 0.3 is 5.97 Å². The standard InChI is InChI=1S/C23H28O13S/c1-20-9-22(37(29,30)31)13-7-23(20,34-18-16(27)15(26)14(25)12(8-24)33-18)21(13,19(35-20)36-22)10-32-17(28)11-5-3-2-4-6-11/h2-6,12-16,18-19,24-27H,7-10H2,1H3,(H,29,30,31)/t12-,13-,14-,15+,16-,18+,19?,20+,21+,22?,23?/m1/s1. The Kier molecular flexibility index (Phi) is 5.46. The Bertz CT molecular complexity index is 1210. The number of benzene rings is 1. The smallest absolute Gasteiger partial charge is 0.338 e. The Hall–Kier alpha value is -1.72. The molecule has 4 aliphatic heterocycles. The molecule has 7 aliphatic rings. The van der Waals surface area contributed by atoms with Crippen molar-refractivity contribution in [3.05, 3.63) is 35.9 Å². The van der Waals surface area contributed by atoms with E-state index in [-0.39, 0.29) is 18.4 Å². The molecule has 4 saturated heterocycles. The van der Waals surface area contributed by atoms with E-state index in [2.05, 4.69) is 0 Å². The van der Waals surface area contributed by atoms with Crippen LogP contribution in [0.1, 0.15) is 30.1 Å². The van der Waals surface area contributed by atoms with Gasteiger partial charge in [-0.2, -0.15) is 8.42 Å². The largest absolute Gasteiger partial charge is 0.461 e. The van der Waals surface area contributed by atoms with Crippen LogP contribution in [0.2, 0.25) is 0 Å². The molecule has 37 heavy (non-hydrogen) atoms. The number of carbonyl (C=O) groups excluding carboxylic acids is 1. The van der Waals surface area contributed by atoms with Gasteiger partial charge in [0.25, 0.3) is 10.1 Å². The number of carbonyl (C=O) groups is 1. The van der Waals surface area contributed by atoms with Crippen molar-refractivity contribution in [2.75, 3.05) is 13.2 Å². The number of rotatable bonds is 7. The summed E-state index contributed by atoms with van der Waals surface area (Å²) in [5.41, 5.74) is -4.01. The minimum atomic E-state index is -4.76. The van der Waals surface area contributed by atoms with Crippen molar-refractivity contribution >= 4 is 16.1 Å². The average molecular weight is 545 g/mol. The Morgan fingerprint density at radius 1 is 1.11 bits per heavy atom. The van der Waals surface area contributed by atoms with Crippen LogP contribution in [-0.2, 0) is 33.8 Å². The van der Waals surface area contributed by atoms with Gasteiger partial charge in [-0.25, -0.2) is 4.79 Å². The van der Waals surface area contributed by atoms with Crippen LogP contribution in [0.25, 0.3) is 0 Å². The van der Waals surface area contributed by atoms with Crippen LogP contribution in [0.15, 0.2) is 30.3 Å². The third-order valence-electron chi connectivity index (χ3n) is 8.98. The number of ether oxygens (including phenoxy) is 5. The average Bonchev–Trinajstić information content (AvgIpc) is 3.07. The minimum absolute atomic E-state index is 0.0301. The Morgan fingerprint density at radius 3 is 2.46 bits per heavy atom. The van der Waals surface area contributed by atoms with E-state index in [0.29, 0.717) is 0 Å². The van der Waals surface area contributed by atoms with Gasteiger partial charge in [0.1, 0.15) is 42.2 Å².